The lowest BCUT2D eigenvalue weighted by Crippen LogP contribution is -1.87. The van der Waals surface area contributed by atoms with E-state index in [1.54, 1.807) is 18.2 Å². The van der Waals surface area contributed by atoms with Gasteiger partial charge in [0, 0.05) is 28.2 Å². The van der Waals surface area contributed by atoms with Gasteiger partial charge in [0.1, 0.15) is 5.75 Å². The van der Waals surface area contributed by atoms with E-state index in [1.807, 2.05) is 42.5 Å². The Balaban J connectivity index is 1.80. The minimum atomic E-state index is -2.08. The highest BCUT2D eigenvalue weighted by Gasteiger charge is 2.13. The molecule has 4 nitrogen and oxygen atoms in total. The molecule has 0 bridgehead atoms. The molecule has 0 amide bonds. The Morgan fingerprint density at radius 2 is 1.58 bits per heavy atom. The third-order valence-corrected chi connectivity index (χ3v) is 5.36. The molecule has 0 fully saturated rings. The van der Waals surface area contributed by atoms with Crippen LogP contribution in [0.1, 0.15) is 0 Å². The second-order valence-electron chi connectivity index (χ2n) is 5.87. The van der Waals surface area contributed by atoms with Crippen molar-refractivity contribution in [2.24, 2.45) is 0 Å². The molecule has 0 aliphatic heterocycles. The first-order valence-corrected chi connectivity index (χ1v) is 9.33. The number of halogens is 1. The summed E-state index contributed by atoms with van der Waals surface area (Å²) in [5.41, 5.74) is 4.01. The predicted molar refractivity (Wildman–Crippen MR) is 105 cm³/mol. The average molecular weight is 384 g/mol. The number of hydrogen-bond acceptors (Lipinski definition) is 2. The number of phenolic OH excluding ortho intramolecular Hbond substituents is 1. The molecule has 1 heterocycles. The smallest absolute Gasteiger partial charge is 0.188 e. The maximum Gasteiger partial charge on any atom is 0.188 e. The molecule has 0 radical (unpaired) electrons. The monoisotopic (exact) mass is 383 g/mol. The zero-order valence-corrected chi connectivity index (χ0v) is 15.0. The van der Waals surface area contributed by atoms with Gasteiger partial charge >= 0.3 is 0 Å². The number of aromatic amines is 1. The molecule has 0 aliphatic carbocycles. The molecule has 6 heteroatoms. The van der Waals surface area contributed by atoms with E-state index in [0.29, 0.717) is 20.8 Å². The SMILES string of the molecule is O=S(O)c1c[nH]c2cc(Cl)c(-c3ccc(-c4ccccc4O)cc3)cc12. The van der Waals surface area contributed by atoms with Gasteiger partial charge in [-0.25, -0.2) is 4.21 Å². The van der Waals surface area contributed by atoms with Crippen LogP contribution in [0.4, 0.5) is 0 Å². The normalized spacial score (nSPS) is 12.4. The number of hydrogen-bond donors (Lipinski definition) is 3. The van der Waals surface area contributed by atoms with Gasteiger partial charge in [0.25, 0.3) is 0 Å². The number of para-hydroxylation sites is 1. The fraction of sp³-hybridized carbons (Fsp3) is 0. The fourth-order valence-electron chi connectivity index (χ4n) is 3.03. The molecule has 0 aliphatic rings. The van der Waals surface area contributed by atoms with E-state index < -0.39 is 11.1 Å². The van der Waals surface area contributed by atoms with Crippen molar-refractivity contribution in [2.75, 3.05) is 0 Å². The first-order chi connectivity index (χ1) is 12.5. The predicted octanol–water partition coefficient (Wildman–Crippen LogP) is 5.44. The van der Waals surface area contributed by atoms with Crippen LogP contribution in [0.3, 0.4) is 0 Å². The zero-order valence-electron chi connectivity index (χ0n) is 13.4. The van der Waals surface area contributed by atoms with Crippen molar-refractivity contribution in [1.29, 1.82) is 0 Å². The van der Waals surface area contributed by atoms with Crippen molar-refractivity contribution < 1.29 is 13.9 Å². The Morgan fingerprint density at radius 3 is 2.23 bits per heavy atom. The molecule has 1 unspecified atom stereocenters. The van der Waals surface area contributed by atoms with Crippen LogP contribution in [-0.2, 0) is 11.1 Å². The van der Waals surface area contributed by atoms with Crippen LogP contribution in [-0.4, -0.2) is 18.9 Å². The van der Waals surface area contributed by atoms with Crippen LogP contribution >= 0.6 is 11.6 Å². The van der Waals surface area contributed by atoms with Gasteiger partial charge in [0.15, 0.2) is 11.1 Å². The van der Waals surface area contributed by atoms with Gasteiger partial charge < -0.3 is 14.6 Å². The molecule has 4 rings (SSSR count). The number of phenols is 1. The molecule has 0 saturated carbocycles. The lowest BCUT2D eigenvalue weighted by atomic mass is 9.99. The Labute approximate surface area is 157 Å². The first-order valence-electron chi connectivity index (χ1n) is 7.85. The zero-order chi connectivity index (χ0) is 18.3. The van der Waals surface area contributed by atoms with E-state index in [0.717, 1.165) is 22.3 Å². The lowest BCUT2D eigenvalue weighted by Gasteiger charge is -2.09. The lowest BCUT2D eigenvalue weighted by molar-refractivity contribution is 0.477. The summed E-state index contributed by atoms with van der Waals surface area (Å²) in [6.07, 6.45) is 1.52. The minimum absolute atomic E-state index is 0.224. The number of aromatic hydroxyl groups is 1. The van der Waals surface area contributed by atoms with Crippen molar-refractivity contribution in [3.8, 4) is 28.0 Å². The number of fused-ring (bicyclic) bond motifs is 1. The second-order valence-corrected chi connectivity index (χ2v) is 7.22. The number of H-pyrrole nitrogens is 1. The number of benzene rings is 3. The van der Waals surface area contributed by atoms with Gasteiger partial charge in [0.2, 0.25) is 0 Å². The fourth-order valence-corrected chi connectivity index (χ4v) is 3.82. The highest BCUT2D eigenvalue weighted by Crippen LogP contribution is 2.36. The van der Waals surface area contributed by atoms with E-state index in [-0.39, 0.29) is 5.75 Å². The van der Waals surface area contributed by atoms with Crippen molar-refractivity contribution in [3.05, 3.63) is 71.9 Å². The summed E-state index contributed by atoms with van der Waals surface area (Å²) >= 11 is 4.33. The van der Waals surface area contributed by atoms with E-state index in [4.69, 9.17) is 11.6 Å². The van der Waals surface area contributed by atoms with Crippen molar-refractivity contribution in [1.82, 2.24) is 4.98 Å². The van der Waals surface area contributed by atoms with E-state index >= 15 is 0 Å². The summed E-state index contributed by atoms with van der Waals surface area (Å²) in [7, 11) is 0. The molecule has 1 atom stereocenters. The molecule has 4 aromatic rings. The third-order valence-electron chi connectivity index (χ3n) is 4.33. The molecule has 130 valence electrons. The van der Waals surface area contributed by atoms with E-state index in [2.05, 4.69) is 4.98 Å². The second kappa shape index (κ2) is 6.61. The minimum Gasteiger partial charge on any atom is -0.507 e. The Hall–Kier alpha value is -2.60. The first kappa shape index (κ1) is 16.8. The molecule has 0 saturated heterocycles. The summed E-state index contributed by atoms with van der Waals surface area (Å²) in [6, 6.07) is 18.4. The van der Waals surface area contributed by atoms with Gasteiger partial charge in [-0.05, 0) is 29.3 Å². The highest BCUT2D eigenvalue weighted by molar-refractivity contribution is 7.79. The molecule has 26 heavy (non-hydrogen) atoms. The summed E-state index contributed by atoms with van der Waals surface area (Å²) in [6.45, 7) is 0. The van der Waals surface area contributed by atoms with Gasteiger partial charge in [-0.15, -0.1) is 0 Å². The van der Waals surface area contributed by atoms with Crippen LogP contribution < -0.4 is 0 Å². The maximum absolute atomic E-state index is 11.5. The van der Waals surface area contributed by atoms with Gasteiger partial charge in [0.05, 0.1) is 9.92 Å². The average Bonchev–Trinajstić information content (AvgIpc) is 3.04. The highest BCUT2D eigenvalue weighted by atomic mass is 35.5. The quantitative estimate of drug-likeness (QED) is 0.412. The third kappa shape index (κ3) is 2.90. The molecular formula is C20H14ClNO3S. The number of rotatable bonds is 3. The molecular weight excluding hydrogens is 370 g/mol. The van der Waals surface area contributed by atoms with Gasteiger partial charge in [-0.1, -0.05) is 54.1 Å². The summed E-state index contributed by atoms with van der Waals surface area (Å²) < 4.78 is 20.9. The Morgan fingerprint density at radius 1 is 0.923 bits per heavy atom. The summed E-state index contributed by atoms with van der Waals surface area (Å²) in [4.78, 5) is 3.28. The van der Waals surface area contributed by atoms with Crippen LogP contribution in [0.15, 0.2) is 71.8 Å². The molecule has 0 spiro atoms. The molecule has 3 N–H and O–H groups in total. The van der Waals surface area contributed by atoms with Crippen LogP contribution in [0, 0.1) is 0 Å². The van der Waals surface area contributed by atoms with E-state index in [1.165, 1.54) is 6.20 Å². The number of aromatic nitrogens is 1. The molecule has 3 aromatic carbocycles. The van der Waals surface area contributed by atoms with E-state index in [9.17, 15) is 13.9 Å². The van der Waals surface area contributed by atoms with Crippen LogP contribution in [0.25, 0.3) is 33.2 Å². The standard InChI is InChI=1S/C20H14ClNO3S/c21-17-10-18-16(20(11-22-18)26(24)25)9-15(17)13-7-5-12(6-8-13)14-3-1-2-4-19(14)23/h1-11,22-23H,(H,24,25). The Kier molecular flexibility index (Phi) is 4.28. The molecule has 1 aromatic heterocycles. The maximum atomic E-state index is 11.5. The van der Waals surface area contributed by atoms with Crippen LogP contribution in [0.5, 0.6) is 5.75 Å². The summed E-state index contributed by atoms with van der Waals surface area (Å²) in [5.74, 6) is 0.224. The van der Waals surface area contributed by atoms with Crippen molar-refractivity contribution in [2.45, 2.75) is 4.90 Å². The Bertz CT molecular complexity index is 1140. The summed E-state index contributed by atoms with van der Waals surface area (Å²) in [5, 5.41) is 11.2. The van der Waals surface area contributed by atoms with Gasteiger partial charge in [-0.2, -0.15) is 0 Å². The van der Waals surface area contributed by atoms with Gasteiger partial charge in [-0.3, -0.25) is 0 Å². The van der Waals surface area contributed by atoms with Crippen molar-refractivity contribution >= 4 is 33.6 Å². The van der Waals surface area contributed by atoms with Crippen LogP contribution in [0.2, 0.25) is 5.02 Å². The number of nitrogens with one attached hydrogen (secondary N) is 1. The topological polar surface area (TPSA) is 73.3 Å². The van der Waals surface area contributed by atoms with Crippen molar-refractivity contribution in [3.63, 3.8) is 0 Å². The largest absolute Gasteiger partial charge is 0.507 e.